The van der Waals surface area contributed by atoms with Crippen LogP contribution in [0.1, 0.15) is 30.4 Å². The smallest absolute Gasteiger partial charge is 0.304 e. The van der Waals surface area contributed by atoms with E-state index in [1.807, 2.05) is 0 Å². The van der Waals surface area contributed by atoms with Crippen molar-refractivity contribution < 1.29 is 23.8 Å². The molecule has 0 saturated heterocycles. The van der Waals surface area contributed by atoms with Gasteiger partial charge in [-0.25, -0.2) is 4.39 Å². The largest absolute Gasteiger partial charge is 0.493 e. The molecule has 0 aromatic heterocycles. The first kappa shape index (κ1) is 13.8. The van der Waals surface area contributed by atoms with Crippen LogP contribution >= 0.6 is 0 Å². The van der Waals surface area contributed by atoms with E-state index in [0.29, 0.717) is 11.1 Å². The van der Waals surface area contributed by atoms with E-state index in [4.69, 9.17) is 14.6 Å². The lowest BCUT2D eigenvalue weighted by molar-refractivity contribution is -0.137. The molecule has 1 fully saturated rings. The summed E-state index contributed by atoms with van der Waals surface area (Å²) in [5.74, 6) is -1.19. The number of aliphatic carboxylic acids is 1. The van der Waals surface area contributed by atoms with Gasteiger partial charge in [-0.05, 0) is 30.5 Å². The zero-order valence-corrected chi connectivity index (χ0v) is 11.0. The van der Waals surface area contributed by atoms with E-state index in [9.17, 15) is 9.18 Å². The van der Waals surface area contributed by atoms with E-state index >= 15 is 0 Å². The van der Waals surface area contributed by atoms with Gasteiger partial charge in [0.25, 0.3) is 0 Å². The Hall–Kier alpha value is -1.62. The summed E-state index contributed by atoms with van der Waals surface area (Å²) in [4.78, 5) is 11.0. The van der Waals surface area contributed by atoms with E-state index in [1.54, 1.807) is 6.07 Å². The Balaban J connectivity index is 2.45. The van der Waals surface area contributed by atoms with Crippen molar-refractivity contribution in [2.24, 2.45) is 0 Å². The van der Waals surface area contributed by atoms with Crippen LogP contribution in [0.4, 0.5) is 4.39 Å². The topological polar surface area (TPSA) is 55.8 Å². The van der Waals surface area contributed by atoms with Crippen LogP contribution in [0, 0.1) is 5.82 Å². The van der Waals surface area contributed by atoms with Crippen molar-refractivity contribution in [2.45, 2.75) is 31.3 Å². The SMILES string of the molecule is COCc1cc(F)c(OC)c(C2(CC(=O)O)CC2)c1. The van der Waals surface area contributed by atoms with Crippen molar-refractivity contribution in [3.8, 4) is 5.75 Å². The van der Waals surface area contributed by atoms with Crippen LogP contribution in [0.15, 0.2) is 12.1 Å². The van der Waals surface area contributed by atoms with E-state index in [0.717, 1.165) is 12.8 Å². The Bertz CT molecular complexity index is 494. The van der Waals surface area contributed by atoms with E-state index < -0.39 is 17.2 Å². The predicted octanol–water partition coefficient (Wildman–Crippen LogP) is 2.49. The maximum absolute atomic E-state index is 14.0. The van der Waals surface area contributed by atoms with Gasteiger partial charge in [0.2, 0.25) is 0 Å². The molecule has 1 aromatic rings. The summed E-state index contributed by atoms with van der Waals surface area (Å²) in [5.41, 5.74) is 0.846. The van der Waals surface area contributed by atoms with Crippen LogP contribution in [-0.2, 0) is 21.6 Å². The van der Waals surface area contributed by atoms with Crippen molar-refractivity contribution in [3.63, 3.8) is 0 Å². The average Bonchev–Trinajstić information content (AvgIpc) is 3.08. The summed E-state index contributed by atoms with van der Waals surface area (Å²) in [6.45, 7) is 0.289. The van der Waals surface area contributed by atoms with Gasteiger partial charge in [0.1, 0.15) is 0 Å². The van der Waals surface area contributed by atoms with Gasteiger partial charge >= 0.3 is 5.97 Å². The highest BCUT2D eigenvalue weighted by Gasteiger charge is 2.48. The van der Waals surface area contributed by atoms with Crippen molar-refractivity contribution in [1.29, 1.82) is 0 Å². The molecule has 0 spiro atoms. The molecule has 104 valence electrons. The fourth-order valence-electron chi connectivity index (χ4n) is 2.48. The number of methoxy groups -OCH3 is 2. The molecule has 0 bridgehead atoms. The van der Waals surface area contributed by atoms with Crippen molar-refractivity contribution >= 4 is 5.97 Å². The fourth-order valence-corrected chi connectivity index (χ4v) is 2.48. The second-order valence-corrected chi connectivity index (χ2v) is 4.94. The van der Waals surface area contributed by atoms with E-state index in [-0.39, 0.29) is 18.8 Å². The maximum Gasteiger partial charge on any atom is 0.304 e. The Kier molecular flexibility index (Phi) is 3.75. The molecule has 5 heteroatoms. The van der Waals surface area contributed by atoms with Crippen LogP contribution in [0.25, 0.3) is 0 Å². The van der Waals surface area contributed by atoms with Crippen molar-refractivity contribution in [1.82, 2.24) is 0 Å². The van der Waals surface area contributed by atoms with Gasteiger partial charge < -0.3 is 14.6 Å². The lowest BCUT2D eigenvalue weighted by atomic mass is 9.90. The monoisotopic (exact) mass is 268 g/mol. The number of benzene rings is 1. The molecule has 4 nitrogen and oxygen atoms in total. The van der Waals surface area contributed by atoms with Gasteiger partial charge in [-0.2, -0.15) is 0 Å². The molecule has 0 radical (unpaired) electrons. The summed E-state index contributed by atoms with van der Waals surface area (Å²) >= 11 is 0. The number of ether oxygens (including phenoxy) is 2. The first-order chi connectivity index (χ1) is 9.02. The predicted molar refractivity (Wildman–Crippen MR) is 66.8 cm³/mol. The zero-order valence-electron chi connectivity index (χ0n) is 11.0. The molecule has 1 aliphatic carbocycles. The highest BCUT2D eigenvalue weighted by Crippen LogP contribution is 2.54. The Morgan fingerprint density at radius 2 is 2.11 bits per heavy atom. The van der Waals surface area contributed by atoms with Crippen molar-refractivity contribution in [2.75, 3.05) is 14.2 Å². The lowest BCUT2D eigenvalue weighted by Crippen LogP contribution is -2.15. The first-order valence-corrected chi connectivity index (χ1v) is 6.10. The normalized spacial score (nSPS) is 16.2. The van der Waals surface area contributed by atoms with E-state index in [1.165, 1.54) is 20.3 Å². The summed E-state index contributed by atoms with van der Waals surface area (Å²) < 4.78 is 24.1. The number of carboxylic acids is 1. The minimum absolute atomic E-state index is 0.000758. The number of carboxylic acid groups (broad SMARTS) is 1. The third-order valence-electron chi connectivity index (χ3n) is 3.53. The molecular weight excluding hydrogens is 251 g/mol. The van der Waals surface area contributed by atoms with Gasteiger partial charge in [0, 0.05) is 18.1 Å². The van der Waals surface area contributed by atoms with Crippen LogP contribution in [0.3, 0.4) is 0 Å². The highest BCUT2D eigenvalue weighted by atomic mass is 19.1. The van der Waals surface area contributed by atoms with Crippen LogP contribution in [0.5, 0.6) is 5.75 Å². The summed E-state index contributed by atoms with van der Waals surface area (Å²) in [6, 6.07) is 3.16. The second-order valence-electron chi connectivity index (χ2n) is 4.94. The molecule has 0 heterocycles. The van der Waals surface area contributed by atoms with Gasteiger partial charge in [-0.1, -0.05) is 0 Å². The summed E-state index contributed by atoms with van der Waals surface area (Å²) in [7, 11) is 2.93. The first-order valence-electron chi connectivity index (χ1n) is 6.10. The summed E-state index contributed by atoms with van der Waals surface area (Å²) in [6.07, 6.45) is 1.48. The fraction of sp³-hybridized carbons (Fsp3) is 0.500. The zero-order chi connectivity index (χ0) is 14.0. The van der Waals surface area contributed by atoms with Crippen molar-refractivity contribution in [3.05, 3.63) is 29.1 Å². The quantitative estimate of drug-likeness (QED) is 0.861. The molecule has 1 aromatic carbocycles. The van der Waals surface area contributed by atoms with Gasteiger partial charge in [0.05, 0.1) is 20.1 Å². The lowest BCUT2D eigenvalue weighted by Gasteiger charge is -2.19. The maximum atomic E-state index is 14.0. The molecule has 0 unspecified atom stereocenters. The molecule has 1 saturated carbocycles. The van der Waals surface area contributed by atoms with Crippen LogP contribution in [0.2, 0.25) is 0 Å². The third kappa shape index (κ3) is 2.71. The standard InChI is InChI=1S/C14H17FO4/c1-18-8-9-5-10(13(19-2)11(15)6-9)14(3-4-14)7-12(16)17/h5-6H,3-4,7-8H2,1-2H3,(H,16,17). The van der Waals surface area contributed by atoms with E-state index in [2.05, 4.69) is 0 Å². The highest BCUT2D eigenvalue weighted by molar-refractivity contribution is 5.70. The summed E-state index contributed by atoms with van der Waals surface area (Å²) in [5, 5.41) is 9.00. The number of hydrogen-bond acceptors (Lipinski definition) is 3. The van der Waals surface area contributed by atoms with Crippen LogP contribution < -0.4 is 4.74 Å². The minimum atomic E-state index is -0.878. The second kappa shape index (κ2) is 5.17. The molecule has 0 aliphatic heterocycles. The van der Waals surface area contributed by atoms with Gasteiger partial charge in [-0.15, -0.1) is 0 Å². The third-order valence-corrected chi connectivity index (χ3v) is 3.53. The Morgan fingerprint density at radius 3 is 2.58 bits per heavy atom. The Labute approximate surface area is 111 Å². The van der Waals surface area contributed by atoms with Gasteiger partial charge in [0.15, 0.2) is 11.6 Å². The number of hydrogen-bond donors (Lipinski definition) is 1. The Morgan fingerprint density at radius 1 is 1.42 bits per heavy atom. The average molecular weight is 268 g/mol. The molecule has 2 rings (SSSR count). The van der Waals surface area contributed by atoms with Crippen LogP contribution in [-0.4, -0.2) is 25.3 Å². The molecule has 1 aliphatic rings. The molecule has 0 atom stereocenters. The number of rotatable bonds is 6. The molecule has 19 heavy (non-hydrogen) atoms. The molecule has 0 amide bonds. The molecular formula is C14H17FO4. The van der Waals surface area contributed by atoms with Gasteiger partial charge in [-0.3, -0.25) is 4.79 Å². The number of halogens is 1. The molecule has 1 N–H and O–H groups in total. The number of carbonyl (C=O) groups is 1. The minimum Gasteiger partial charge on any atom is -0.493 e.